The van der Waals surface area contributed by atoms with E-state index in [9.17, 15) is 9.59 Å². The van der Waals surface area contributed by atoms with Crippen LogP contribution in [0.15, 0.2) is 66.7 Å². The minimum atomic E-state index is -0.946. The van der Waals surface area contributed by atoms with Gasteiger partial charge in [0.15, 0.2) is 0 Å². The van der Waals surface area contributed by atoms with Crippen LogP contribution in [0.4, 0.5) is 5.69 Å². The van der Waals surface area contributed by atoms with Gasteiger partial charge in [0.05, 0.1) is 12.6 Å². The van der Waals surface area contributed by atoms with Crippen molar-refractivity contribution in [3.05, 3.63) is 83.4 Å². The van der Waals surface area contributed by atoms with Crippen molar-refractivity contribution in [2.24, 2.45) is 0 Å². The molecule has 1 N–H and O–H groups in total. The van der Waals surface area contributed by atoms with Gasteiger partial charge in [-0.3, -0.25) is 14.5 Å². The van der Waals surface area contributed by atoms with Gasteiger partial charge < -0.3 is 10.1 Å². The number of amides is 2. The van der Waals surface area contributed by atoms with E-state index in [4.69, 9.17) is 4.74 Å². The first-order valence-corrected chi connectivity index (χ1v) is 12.2. The van der Waals surface area contributed by atoms with Crippen molar-refractivity contribution < 1.29 is 14.3 Å². The Balaban J connectivity index is 1.87. The normalized spacial score (nSPS) is 12.3. The molecule has 0 unspecified atom stereocenters. The Morgan fingerprint density at radius 3 is 2.38 bits per heavy atom. The number of para-hydroxylation sites is 1. The number of carbonyl (C=O) groups is 2. The molecule has 1 atom stereocenters. The van der Waals surface area contributed by atoms with Crippen molar-refractivity contribution >= 4 is 28.5 Å². The molecule has 0 radical (unpaired) electrons. The van der Waals surface area contributed by atoms with Gasteiger partial charge in [0.25, 0.3) is 0 Å². The molecule has 0 aliphatic heterocycles. The molecule has 4 aromatic rings. The van der Waals surface area contributed by atoms with Crippen LogP contribution < -0.4 is 15.0 Å². The van der Waals surface area contributed by atoms with E-state index in [-0.39, 0.29) is 18.4 Å². The maximum Gasteiger partial charge on any atom is 0.249 e. The summed E-state index contributed by atoms with van der Waals surface area (Å²) in [7, 11) is 1.58. The Kier molecular flexibility index (Phi) is 7.29. The summed E-state index contributed by atoms with van der Waals surface area (Å²) in [5.41, 5.74) is 4.17. The number of fused-ring (bicyclic) bond motifs is 1. The first-order chi connectivity index (χ1) is 17.6. The molecule has 0 saturated carbocycles. The van der Waals surface area contributed by atoms with Crippen molar-refractivity contribution in [1.82, 2.24) is 20.3 Å². The molecule has 8 nitrogen and oxygen atoms in total. The number of benzene rings is 3. The van der Waals surface area contributed by atoms with E-state index in [1.807, 2.05) is 95.3 Å². The molecule has 0 aliphatic carbocycles. The summed E-state index contributed by atoms with van der Waals surface area (Å²) in [6.45, 7) is 9.60. The number of methoxy groups -OCH3 is 1. The SMILES string of the molecule is COc1cccc([C@H](C(=O)NC(C)(C)C)N(C(=O)Cn2nnc3ccccc32)c2cc(C)cc(C)c2)c1. The van der Waals surface area contributed by atoms with Crippen LogP contribution in [0.1, 0.15) is 43.5 Å². The smallest absolute Gasteiger partial charge is 0.249 e. The molecule has 0 aliphatic rings. The lowest BCUT2D eigenvalue weighted by atomic mass is 9.99. The minimum Gasteiger partial charge on any atom is -0.497 e. The van der Waals surface area contributed by atoms with E-state index in [0.717, 1.165) is 16.6 Å². The van der Waals surface area contributed by atoms with Crippen LogP contribution in [-0.4, -0.2) is 39.5 Å². The van der Waals surface area contributed by atoms with Crippen LogP contribution in [0.2, 0.25) is 0 Å². The Bertz CT molecular complexity index is 1420. The highest BCUT2D eigenvalue weighted by molar-refractivity contribution is 6.02. The zero-order valence-corrected chi connectivity index (χ0v) is 22.1. The van der Waals surface area contributed by atoms with E-state index in [1.165, 1.54) is 0 Å². The second-order valence-corrected chi connectivity index (χ2v) is 10.3. The average molecular weight is 500 g/mol. The monoisotopic (exact) mass is 499 g/mol. The molecule has 3 aromatic carbocycles. The maximum atomic E-state index is 14.1. The predicted molar refractivity (Wildman–Crippen MR) is 145 cm³/mol. The summed E-state index contributed by atoms with van der Waals surface area (Å²) < 4.78 is 7.01. The van der Waals surface area contributed by atoms with Gasteiger partial charge in [-0.25, -0.2) is 4.68 Å². The van der Waals surface area contributed by atoms with Gasteiger partial charge in [0, 0.05) is 11.2 Å². The van der Waals surface area contributed by atoms with Crippen LogP contribution >= 0.6 is 0 Å². The number of aromatic nitrogens is 3. The molecule has 1 aromatic heterocycles. The van der Waals surface area contributed by atoms with Crippen molar-refractivity contribution in [2.75, 3.05) is 12.0 Å². The van der Waals surface area contributed by atoms with E-state index < -0.39 is 11.6 Å². The highest BCUT2D eigenvalue weighted by Gasteiger charge is 2.35. The van der Waals surface area contributed by atoms with Crippen LogP contribution in [0.25, 0.3) is 11.0 Å². The summed E-state index contributed by atoms with van der Waals surface area (Å²) in [4.78, 5) is 29.6. The summed E-state index contributed by atoms with van der Waals surface area (Å²) in [5, 5.41) is 11.5. The van der Waals surface area contributed by atoms with E-state index in [1.54, 1.807) is 22.8 Å². The second-order valence-electron chi connectivity index (χ2n) is 10.3. The molecule has 0 fully saturated rings. The molecule has 1 heterocycles. The van der Waals surface area contributed by atoms with Gasteiger partial charge in [-0.15, -0.1) is 5.10 Å². The Morgan fingerprint density at radius 1 is 1.00 bits per heavy atom. The fraction of sp³-hybridized carbons (Fsp3) is 0.310. The Morgan fingerprint density at radius 2 is 1.70 bits per heavy atom. The van der Waals surface area contributed by atoms with Crippen molar-refractivity contribution in [3.63, 3.8) is 0 Å². The number of hydrogen-bond acceptors (Lipinski definition) is 5. The molecular formula is C29H33N5O3. The van der Waals surface area contributed by atoms with Gasteiger partial charge >= 0.3 is 0 Å². The number of nitrogens with zero attached hydrogens (tertiary/aromatic N) is 4. The Labute approximate surface area is 217 Å². The molecule has 0 saturated heterocycles. The third-order valence-corrected chi connectivity index (χ3v) is 5.87. The molecule has 0 spiro atoms. The highest BCUT2D eigenvalue weighted by atomic mass is 16.5. The molecule has 37 heavy (non-hydrogen) atoms. The van der Waals surface area contributed by atoms with Gasteiger partial charge in [-0.1, -0.05) is 35.5 Å². The molecule has 2 amide bonds. The van der Waals surface area contributed by atoms with Gasteiger partial charge in [0.1, 0.15) is 23.9 Å². The summed E-state index contributed by atoms with van der Waals surface area (Å²) >= 11 is 0. The molecule has 8 heteroatoms. The fourth-order valence-electron chi connectivity index (χ4n) is 4.43. The van der Waals surface area contributed by atoms with E-state index in [0.29, 0.717) is 22.5 Å². The average Bonchev–Trinajstić information content (AvgIpc) is 3.23. The lowest BCUT2D eigenvalue weighted by molar-refractivity contribution is -0.128. The summed E-state index contributed by atoms with van der Waals surface area (Å²) in [6.07, 6.45) is 0. The van der Waals surface area contributed by atoms with Crippen LogP contribution in [0.5, 0.6) is 5.75 Å². The third-order valence-electron chi connectivity index (χ3n) is 5.87. The highest BCUT2D eigenvalue weighted by Crippen LogP contribution is 2.32. The molecule has 192 valence electrons. The molecule has 4 rings (SSSR count). The summed E-state index contributed by atoms with van der Waals surface area (Å²) in [6, 6.07) is 19.7. The minimum absolute atomic E-state index is 0.0865. The topological polar surface area (TPSA) is 89.4 Å². The quantitative estimate of drug-likeness (QED) is 0.397. The zero-order valence-electron chi connectivity index (χ0n) is 22.1. The lowest BCUT2D eigenvalue weighted by Gasteiger charge is -2.34. The number of hydrogen-bond donors (Lipinski definition) is 1. The van der Waals surface area contributed by atoms with E-state index >= 15 is 0 Å². The second kappa shape index (κ2) is 10.4. The summed E-state index contributed by atoms with van der Waals surface area (Å²) in [5.74, 6) is 0.00962. The van der Waals surface area contributed by atoms with Crippen LogP contribution in [-0.2, 0) is 16.1 Å². The van der Waals surface area contributed by atoms with Crippen molar-refractivity contribution in [2.45, 2.75) is 52.7 Å². The van der Waals surface area contributed by atoms with Crippen LogP contribution in [0, 0.1) is 13.8 Å². The molecule has 0 bridgehead atoms. The van der Waals surface area contributed by atoms with Gasteiger partial charge in [-0.05, 0) is 87.7 Å². The zero-order chi connectivity index (χ0) is 26.7. The third kappa shape index (κ3) is 5.97. The fourth-order valence-corrected chi connectivity index (χ4v) is 4.43. The van der Waals surface area contributed by atoms with Crippen molar-refractivity contribution in [3.8, 4) is 5.75 Å². The first kappa shape index (κ1) is 25.9. The number of aryl methyl sites for hydroxylation is 2. The predicted octanol–water partition coefficient (Wildman–Crippen LogP) is 4.75. The number of rotatable bonds is 7. The Hall–Kier alpha value is -4.20. The maximum absolute atomic E-state index is 14.1. The lowest BCUT2D eigenvalue weighted by Crippen LogP contribution is -2.50. The van der Waals surface area contributed by atoms with Crippen molar-refractivity contribution in [1.29, 1.82) is 0 Å². The van der Waals surface area contributed by atoms with Gasteiger partial charge in [-0.2, -0.15) is 0 Å². The standard InChI is InChI=1S/C29H33N5O3/c1-19-14-20(2)16-22(15-19)34(26(35)18-33-25-13-8-7-12-24(25)31-32-33)27(28(36)30-29(3,4)5)21-10-9-11-23(17-21)37-6/h7-17,27H,18H2,1-6H3,(H,30,36)/t27-/m1/s1. The van der Waals surface area contributed by atoms with Gasteiger partial charge in [0.2, 0.25) is 11.8 Å². The molecular weight excluding hydrogens is 466 g/mol. The number of nitrogens with one attached hydrogen (secondary N) is 1. The largest absolute Gasteiger partial charge is 0.497 e. The first-order valence-electron chi connectivity index (χ1n) is 12.2. The van der Waals surface area contributed by atoms with Crippen LogP contribution in [0.3, 0.4) is 0 Å². The number of carbonyl (C=O) groups excluding carboxylic acids is 2. The number of ether oxygens (including phenoxy) is 1. The van der Waals surface area contributed by atoms with E-state index in [2.05, 4.69) is 15.6 Å². The number of anilines is 1.